The quantitative estimate of drug-likeness (QED) is 0.681. The Labute approximate surface area is 134 Å². The molecule has 112 valence electrons. The van der Waals surface area contributed by atoms with E-state index < -0.39 is 6.10 Å². The van der Waals surface area contributed by atoms with Gasteiger partial charge in [0.1, 0.15) is 0 Å². The monoisotopic (exact) mass is 301 g/mol. The van der Waals surface area contributed by atoms with Crippen LogP contribution in [0.3, 0.4) is 0 Å². The van der Waals surface area contributed by atoms with Crippen LogP contribution in [-0.4, -0.2) is 11.5 Å². The number of pyridine rings is 1. The van der Waals surface area contributed by atoms with Crippen LogP contribution in [0.2, 0.25) is 0 Å². The molecule has 1 unspecified atom stereocenters. The van der Waals surface area contributed by atoms with Gasteiger partial charge in [0, 0.05) is 6.20 Å². The van der Waals surface area contributed by atoms with Gasteiger partial charge < -0.3 is 4.74 Å². The predicted molar refractivity (Wildman–Crippen MR) is 87.8 cm³/mol. The van der Waals surface area contributed by atoms with Crippen LogP contribution in [0.15, 0.2) is 72.9 Å². The zero-order valence-corrected chi connectivity index (χ0v) is 12.4. The fourth-order valence-corrected chi connectivity index (χ4v) is 3.44. The Morgan fingerprint density at radius 1 is 0.870 bits per heavy atom. The summed E-state index contributed by atoms with van der Waals surface area (Å²) in [6.07, 6.45) is 1.29. The average Bonchev–Trinajstić information content (AvgIpc) is 2.95. The fourth-order valence-electron chi connectivity index (χ4n) is 3.44. The highest BCUT2D eigenvalue weighted by Crippen LogP contribution is 2.50. The van der Waals surface area contributed by atoms with Gasteiger partial charge in [-0.1, -0.05) is 54.6 Å². The maximum Gasteiger partial charge on any atom is 0.293 e. The largest absolute Gasteiger partial charge is 0.457 e. The Morgan fingerprint density at radius 3 is 2.04 bits per heavy atom. The fraction of sp³-hybridized carbons (Fsp3) is 0.100. The Bertz CT molecular complexity index is 800. The molecule has 0 amide bonds. The molecule has 0 N–H and O–H groups in total. The van der Waals surface area contributed by atoms with Crippen LogP contribution in [0.25, 0.3) is 11.1 Å². The standard InChI is InChI=1S/C20H15NO2/c22-13-23-20(18-11-5-6-12-21-18)19-16-9-3-1-7-14(16)15-8-2-4-10-17(15)19/h1-13,19-20H. The molecule has 1 aromatic heterocycles. The van der Waals surface area contributed by atoms with Crippen molar-refractivity contribution in [3.8, 4) is 11.1 Å². The summed E-state index contributed by atoms with van der Waals surface area (Å²) in [6.45, 7) is 0.517. The Morgan fingerprint density at radius 2 is 1.48 bits per heavy atom. The van der Waals surface area contributed by atoms with Gasteiger partial charge >= 0.3 is 0 Å². The predicted octanol–water partition coefficient (Wildman–Crippen LogP) is 4.11. The van der Waals surface area contributed by atoms with Crippen LogP contribution in [0.1, 0.15) is 28.8 Å². The van der Waals surface area contributed by atoms with Crippen molar-refractivity contribution in [2.75, 3.05) is 0 Å². The van der Waals surface area contributed by atoms with E-state index in [1.165, 1.54) is 22.3 Å². The lowest BCUT2D eigenvalue weighted by molar-refractivity contribution is -0.134. The van der Waals surface area contributed by atoms with E-state index in [-0.39, 0.29) is 5.92 Å². The SMILES string of the molecule is O=COC(c1ccccn1)C1c2ccccc2-c2ccccc21. The molecule has 3 nitrogen and oxygen atoms in total. The number of aromatic nitrogens is 1. The lowest BCUT2D eigenvalue weighted by Crippen LogP contribution is -2.15. The third-order valence-electron chi connectivity index (χ3n) is 4.37. The second kappa shape index (κ2) is 5.69. The van der Waals surface area contributed by atoms with Crippen LogP contribution in [-0.2, 0) is 9.53 Å². The summed E-state index contributed by atoms with van der Waals surface area (Å²) in [4.78, 5) is 15.5. The van der Waals surface area contributed by atoms with Crippen molar-refractivity contribution in [2.45, 2.75) is 12.0 Å². The molecule has 4 rings (SSSR count). The first-order valence-corrected chi connectivity index (χ1v) is 7.58. The third-order valence-corrected chi connectivity index (χ3v) is 4.37. The van der Waals surface area contributed by atoms with Gasteiger partial charge in [-0.25, -0.2) is 0 Å². The molecular formula is C20H15NO2. The second-order valence-corrected chi connectivity index (χ2v) is 5.56. The minimum absolute atomic E-state index is 0.0394. The summed E-state index contributed by atoms with van der Waals surface area (Å²) >= 11 is 0. The minimum Gasteiger partial charge on any atom is -0.457 e. The van der Waals surface area contributed by atoms with Gasteiger partial charge in [-0.05, 0) is 34.4 Å². The van der Waals surface area contributed by atoms with E-state index in [4.69, 9.17) is 4.74 Å². The Balaban J connectivity index is 1.91. The van der Waals surface area contributed by atoms with E-state index in [1.807, 2.05) is 42.5 Å². The number of ether oxygens (including phenoxy) is 1. The number of hydrogen-bond acceptors (Lipinski definition) is 3. The molecule has 0 radical (unpaired) electrons. The highest BCUT2D eigenvalue weighted by molar-refractivity contribution is 5.79. The first-order valence-electron chi connectivity index (χ1n) is 7.58. The normalized spacial score (nSPS) is 13.9. The van der Waals surface area contributed by atoms with Gasteiger partial charge in [-0.2, -0.15) is 0 Å². The topological polar surface area (TPSA) is 39.2 Å². The van der Waals surface area contributed by atoms with E-state index in [2.05, 4.69) is 29.2 Å². The molecule has 0 aliphatic heterocycles. The van der Waals surface area contributed by atoms with E-state index in [9.17, 15) is 4.79 Å². The molecule has 1 aliphatic rings. The lowest BCUT2D eigenvalue weighted by Gasteiger charge is -2.23. The third kappa shape index (κ3) is 2.21. The summed E-state index contributed by atoms with van der Waals surface area (Å²) < 4.78 is 5.48. The second-order valence-electron chi connectivity index (χ2n) is 5.56. The Hall–Kier alpha value is -2.94. The van der Waals surface area contributed by atoms with Crippen molar-refractivity contribution in [3.05, 3.63) is 89.7 Å². The molecule has 3 heteroatoms. The van der Waals surface area contributed by atoms with Crippen LogP contribution in [0.4, 0.5) is 0 Å². The average molecular weight is 301 g/mol. The molecule has 1 atom stereocenters. The van der Waals surface area contributed by atoms with Crippen LogP contribution >= 0.6 is 0 Å². The highest BCUT2D eigenvalue weighted by Gasteiger charge is 2.36. The number of fused-ring (bicyclic) bond motifs is 3. The molecule has 0 saturated heterocycles. The zero-order chi connectivity index (χ0) is 15.6. The summed E-state index contributed by atoms with van der Waals surface area (Å²) in [5.74, 6) is -0.0394. The van der Waals surface area contributed by atoms with Crippen LogP contribution in [0.5, 0.6) is 0 Å². The first-order chi connectivity index (χ1) is 11.4. The summed E-state index contributed by atoms with van der Waals surface area (Å²) in [5.41, 5.74) is 5.50. The van der Waals surface area contributed by atoms with Crippen LogP contribution < -0.4 is 0 Å². The molecule has 2 aromatic carbocycles. The molecule has 1 aliphatic carbocycles. The van der Waals surface area contributed by atoms with Gasteiger partial charge in [0.25, 0.3) is 6.47 Å². The molecule has 0 spiro atoms. The van der Waals surface area contributed by atoms with Gasteiger partial charge in [0.2, 0.25) is 0 Å². The van der Waals surface area contributed by atoms with E-state index in [1.54, 1.807) is 6.20 Å². The van der Waals surface area contributed by atoms with Crippen molar-refractivity contribution >= 4 is 6.47 Å². The van der Waals surface area contributed by atoms with Crippen molar-refractivity contribution in [3.63, 3.8) is 0 Å². The molecule has 0 saturated carbocycles. The number of nitrogens with zero attached hydrogens (tertiary/aromatic N) is 1. The molecule has 1 heterocycles. The summed E-state index contributed by atoms with van der Waals surface area (Å²) in [6, 6.07) is 22.2. The molecule has 3 aromatic rings. The van der Waals surface area contributed by atoms with E-state index >= 15 is 0 Å². The van der Waals surface area contributed by atoms with Gasteiger partial charge in [0.15, 0.2) is 6.10 Å². The lowest BCUT2D eigenvalue weighted by atomic mass is 9.89. The number of benzene rings is 2. The molecule has 0 bridgehead atoms. The molecule has 23 heavy (non-hydrogen) atoms. The summed E-state index contributed by atoms with van der Waals surface area (Å²) in [7, 11) is 0. The minimum atomic E-state index is -0.432. The van der Waals surface area contributed by atoms with Crippen LogP contribution in [0, 0.1) is 0 Å². The van der Waals surface area contributed by atoms with Crippen molar-refractivity contribution < 1.29 is 9.53 Å². The number of hydrogen-bond donors (Lipinski definition) is 0. The first kappa shape index (κ1) is 13.7. The number of carbonyl (C=O) groups excluding carboxylic acids is 1. The summed E-state index contributed by atoms with van der Waals surface area (Å²) in [5, 5.41) is 0. The smallest absolute Gasteiger partial charge is 0.293 e. The van der Waals surface area contributed by atoms with Crippen molar-refractivity contribution in [1.29, 1.82) is 0 Å². The van der Waals surface area contributed by atoms with Gasteiger partial charge in [0.05, 0.1) is 11.6 Å². The van der Waals surface area contributed by atoms with Gasteiger partial charge in [-0.3, -0.25) is 9.78 Å². The maximum atomic E-state index is 11.1. The molecular weight excluding hydrogens is 286 g/mol. The zero-order valence-electron chi connectivity index (χ0n) is 12.4. The van der Waals surface area contributed by atoms with Crippen molar-refractivity contribution in [1.82, 2.24) is 4.98 Å². The number of carbonyl (C=O) groups is 1. The van der Waals surface area contributed by atoms with Gasteiger partial charge in [-0.15, -0.1) is 0 Å². The Kier molecular flexibility index (Phi) is 3.39. The van der Waals surface area contributed by atoms with E-state index in [0.29, 0.717) is 6.47 Å². The highest BCUT2D eigenvalue weighted by atomic mass is 16.5. The number of rotatable bonds is 4. The maximum absolute atomic E-state index is 11.1. The molecule has 0 fully saturated rings. The van der Waals surface area contributed by atoms with Crippen molar-refractivity contribution in [2.24, 2.45) is 0 Å². The van der Waals surface area contributed by atoms with E-state index in [0.717, 1.165) is 5.69 Å².